The highest BCUT2D eigenvalue weighted by atomic mass is 19.1. The molecule has 1 aromatic rings. The largest absolute Gasteiger partial charge is 0.311 e. The van der Waals surface area contributed by atoms with Crippen molar-refractivity contribution in [1.82, 2.24) is 15.2 Å². The minimum Gasteiger partial charge on any atom is -0.311 e. The van der Waals surface area contributed by atoms with Crippen LogP contribution in [-0.4, -0.2) is 36.6 Å². The molecule has 3 atom stereocenters. The molecule has 0 aliphatic carbocycles. The van der Waals surface area contributed by atoms with Gasteiger partial charge in [0.05, 0.1) is 17.9 Å². The molecule has 2 heterocycles. The molecule has 0 bridgehead atoms. The van der Waals surface area contributed by atoms with Crippen LogP contribution in [0.25, 0.3) is 0 Å². The van der Waals surface area contributed by atoms with Gasteiger partial charge < -0.3 is 10.2 Å². The molecule has 112 valence electrons. The van der Waals surface area contributed by atoms with Crippen molar-refractivity contribution >= 4 is 0 Å². The minimum absolute atomic E-state index is 0.177. The van der Waals surface area contributed by atoms with Crippen LogP contribution in [0.3, 0.4) is 0 Å². The van der Waals surface area contributed by atoms with Gasteiger partial charge in [0.2, 0.25) is 0 Å². The number of pyridine rings is 1. The van der Waals surface area contributed by atoms with Crippen LogP contribution in [0.15, 0.2) is 18.3 Å². The zero-order valence-corrected chi connectivity index (χ0v) is 12.8. The number of nitrogens with one attached hydrogen (secondary N) is 1. The Kier molecular flexibility index (Phi) is 5.49. The molecule has 4 heteroatoms. The third-order valence-corrected chi connectivity index (χ3v) is 4.44. The van der Waals surface area contributed by atoms with Gasteiger partial charge in [-0.2, -0.15) is 0 Å². The molecular formula is C16H26FN3. The summed E-state index contributed by atoms with van der Waals surface area (Å²) in [5.41, 5.74) is 0.924. The summed E-state index contributed by atoms with van der Waals surface area (Å²) in [6, 6.07) is 3.45. The van der Waals surface area contributed by atoms with Crippen molar-refractivity contribution in [3.8, 4) is 0 Å². The molecule has 1 aromatic heterocycles. The summed E-state index contributed by atoms with van der Waals surface area (Å²) in [6.07, 6.45) is 3.90. The average molecular weight is 279 g/mol. The van der Waals surface area contributed by atoms with Crippen LogP contribution in [0, 0.1) is 17.7 Å². The molecule has 1 fully saturated rings. The summed E-state index contributed by atoms with van der Waals surface area (Å²) in [5.74, 6) is 1.04. The quantitative estimate of drug-likeness (QED) is 0.868. The standard InChI is InChI=1S/C16H26FN3/c1-4-13-7-8-20(11-13)10-12(2)16(18-3)15-6-5-14(17)9-19-15/h5-6,9,12-13,16,18H,4,7-8,10-11H2,1-3H3. The van der Waals surface area contributed by atoms with Gasteiger partial charge in [0.1, 0.15) is 5.82 Å². The van der Waals surface area contributed by atoms with E-state index in [1.807, 2.05) is 7.05 Å². The lowest BCUT2D eigenvalue weighted by Crippen LogP contribution is -2.34. The molecule has 1 aliphatic heterocycles. The van der Waals surface area contributed by atoms with Crippen molar-refractivity contribution in [2.75, 3.05) is 26.7 Å². The van der Waals surface area contributed by atoms with E-state index in [-0.39, 0.29) is 11.9 Å². The first-order valence-corrected chi connectivity index (χ1v) is 7.65. The second-order valence-electron chi connectivity index (χ2n) is 5.97. The fourth-order valence-corrected chi connectivity index (χ4v) is 3.22. The molecule has 0 aromatic carbocycles. The van der Waals surface area contributed by atoms with Crippen LogP contribution in [0.5, 0.6) is 0 Å². The minimum atomic E-state index is -0.276. The van der Waals surface area contributed by atoms with Crippen LogP contribution in [0.1, 0.15) is 38.4 Å². The van der Waals surface area contributed by atoms with Gasteiger partial charge in [0.25, 0.3) is 0 Å². The van der Waals surface area contributed by atoms with Gasteiger partial charge in [-0.25, -0.2) is 4.39 Å². The van der Waals surface area contributed by atoms with E-state index in [9.17, 15) is 4.39 Å². The Morgan fingerprint density at radius 1 is 1.50 bits per heavy atom. The molecule has 3 unspecified atom stereocenters. The first-order valence-electron chi connectivity index (χ1n) is 7.65. The van der Waals surface area contributed by atoms with Crippen LogP contribution in [0.4, 0.5) is 4.39 Å². The zero-order chi connectivity index (χ0) is 14.5. The van der Waals surface area contributed by atoms with Gasteiger partial charge in [0.15, 0.2) is 0 Å². The number of rotatable bonds is 6. The van der Waals surface area contributed by atoms with Crippen molar-refractivity contribution in [1.29, 1.82) is 0 Å². The molecule has 1 aliphatic rings. The first-order chi connectivity index (χ1) is 9.63. The van der Waals surface area contributed by atoms with Gasteiger partial charge >= 0.3 is 0 Å². The number of likely N-dealkylation sites (tertiary alicyclic amines) is 1. The molecule has 3 nitrogen and oxygen atoms in total. The first kappa shape index (κ1) is 15.4. The Morgan fingerprint density at radius 2 is 2.30 bits per heavy atom. The topological polar surface area (TPSA) is 28.2 Å². The van der Waals surface area contributed by atoms with Crippen LogP contribution in [-0.2, 0) is 0 Å². The second kappa shape index (κ2) is 7.14. The predicted octanol–water partition coefficient (Wildman–Crippen LogP) is 2.85. The predicted molar refractivity (Wildman–Crippen MR) is 80.0 cm³/mol. The Hall–Kier alpha value is -1.00. The van der Waals surface area contributed by atoms with Gasteiger partial charge in [0, 0.05) is 13.1 Å². The summed E-state index contributed by atoms with van der Waals surface area (Å²) < 4.78 is 13.0. The molecule has 1 saturated heterocycles. The maximum absolute atomic E-state index is 13.0. The number of nitrogens with zero attached hydrogens (tertiary/aromatic N) is 2. The van der Waals surface area contributed by atoms with E-state index in [0.717, 1.165) is 18.2 Å². The Morgan fingerprint density at radius 3 is 2.85 bits per heavy atom. The summed E-state index contributed by atoms with van der Waals surface area (Å²) in [6.45, 7) is 8.01. The summed E-state index contributed by atoms with van der Waals surface area (Å²) >= 11 is 0. The van der Waals surface area contributed by atoms with Crippen molar-refractivity contribution in [2.45, 2.75) is 32.7 Å². The summed E-state index contributed by atoms with van der Waals surface area (Å²) in [4.78, 5) is 6.77. The van der Waals surface area contributed by atoms with Crippen LogP contribution < -0.4 is 5.32 Å². The van der Waals surface area contributed by atoms with Crippen molar-refractivity contribution < 1.29 is 4.39 Å². The van der Waals surface area contributed by atoms with Gasteiger partial charge in [-0.3, -0.25) is 4.98 Å². The highest BCUT2D eigenvalue weighted by Gasteiger charge is 2.26. The number of aromatic nitrogens is 1. The fourth-order valence-electron chi connectivity index (χ4n) is 3.22. The third-order valence-electron chi connectivity index (χ3n) is 4.44. The third kappa shape index (κ3) is 3.76. The van der Waals surface area contributed by atoms with Gasteiger partial charge in [-0.1, -0.05) is 20.3 Å². The van der Waals surface area contributed by atoms with Gasteiger partial charge in [-0.15, -0.1) is 0 Å². The normalized spacial score (nSPS) is 22.9. The Bertz CT molecular complexity index is 407. The molecule has 2 rings (SSSR count). The maximum atomic E-state index is 13.0. The number of halogens is 1. The highest BCUT2D eigenvalue weighted by Crippen LogP contribution is 2.25. The van der Waals surface area contributed by atoms with Crippen molar-refractivity contribution in [2.24, 2.45) is 11.8 Å². The van der Waals surface area contributed by atoms with E-state index >= 15 is 0 Å². The van der Waals surface area contributed by atoms with Crippen molar-refractivity contribution in [3.63, 3.8) is 0 Å². The van der Waals surface area contributed by atoms with Crippen molar-refractivity contribution in [3.05, 3.63) is 29.8 Å². The van der Waals surface area contributed by atoms with E-state index in [1.54, 1.807) is 6.07 Å². The molecule has 0 saturated carbocycles. The fraction of sp³-hybridized carbons (Fsp3) is 0.688. The second-order valence-corrected chi connectivity index (χ2v) is 5.97. The van der Waals surface area contributed by atoms with Gasteiger partial charge in [-0.05, 0) is 44.0 Å². The van der Waals surface area contributed by atoms with Crippen LogP contribution >= 0.6 is 0 Å². The monoisotopic (exact) mass is 279 g/mol. The lowest BCUT2D eigenvalue weighted by Gasteiger charge is -2.27. The lowest BCUT2D eigenvalue weighted by atomic mass is 9.97. The number of hydrogen-bond acceptors (Lipinski definition) is 3. The van der Waals surface area contributed by atoms with E-state index < -0.39 is 0 Å². The average Bonchev–Trinajstić information content (AvgIpc) is 2.89. The number of hydrogen-bond donors (Lipinski definition) is 1. The van der Waals surface area contributed by atoms with E-state index in [4.69, 9.17) is 0 Å². The molecule has 0 spiro atoms. The molecule has 0 radical (unpaired) electrons. The smallest absolute Gasteiger partial charge is 0.141 e. The van der Waals surface area contributed by atoms with E-state index in [2.05, 4.69) is 29.0 Å². The maximum Gasteiger partial charge on any atom is 0.141 e. The summed E-state index contributed by atoms with van der Waals surface area (Å²) in [7, 11) is 1.95. The Balaban J connectivity index is 1.95. The summed E-state index contributed by atoms with van der Waals surface area (Å²) in [5, 5.41) is 3.33. The zero-order valence-electron chi connectivity index (χ0n) is 12.8. The highest BCUT2D eigenvalue weighted by molar-refractivity contribution is 5.11. The van der Waals surface area contributed by atoms with E-state index in [1.165, 1.54) is 38.2 Å². The van der Waals surface area contributed by atoms with Crippen LogP contribution in [0.2, 0.25) is 0 Å². The molecule has 1 N–H and O–H groups in total. The SMILES string of the molecule is CCC1CCN(CC(C)C(NC)c2ccc(F)cn2)C1. The Labute approximate surface area is 121 Å². The lowest BCUT2D eigenvalue weighted by molar-refractivity contribution is 0.243. The molecular weight excluding hydrogens is 253 g/mol. The van der Waals surface area contributed by atoms with E-state index in [0.29, 0.717) is 5.92 Å². The molecule has 20 heavy (non-hydrogen) atoms. The molecule has 0 amide bonds.